The number of aryl methyl sites for hydroxylation is 1. The summed E-state index contributed by atoms with van der Waals surface area (Å²) < 4.78 is 0. The predicted octanol–water partition coefficient (Wildman–Crippen LogP) is 3.25. The number of benzene rings is 2. The van der Waals surface area contributed by atoms with Gasteiger partial charge in [-0.1, -0.05) is 61.2 Å². The minimum atomic E-state index is -0.131. The van der Waals surface area contributed by atoms with Crippen molar-refractivity contribution in [1.82, 2.24) is 5.32 Å². The smallest absolute Gasteiger partial charge is 0.226 e. The van der Waals surface area contributed by atoms with Crippen molar-refractivity contribution < 1.29 is 4.79 Å². The summed E-state index contributed by atoms with van der Waals surface area (Å²) in [5.74, 6) is -0.0498. The Morgan fingerprint density at radius 3 is 2.39 bits per heavy atom. The molecule has 0 heterocycles. The van der Waals surface area contributed by atoms with Gasteiger partial charge in [-0.05, 0) is 29.5 Å². The molecule has 0 saturated heterocycles. The van der Waals surface area contributed by atoms with E-state index in [1.165, 1.54) is 22.9 Å². The van der Waals surface area contributed by atoms with Crippen molar-refractivity contribution in [1.29, 1.82) is 0 Å². The van der Waals surface area contributed by atoms with E-state index < -0.39 is 0 Å². The third-order valence-electron chi connectivity index (χ3n) is 3.43. The van der Waals surface area contributed by atoms with Gasteiger partial charge in [0, 0.05) is 12.6 Å². The van der Waals surface area contributed by atoms with Gasteiger partial charge in [-0.25, -0.2) is 4.99 Å². The van der Waals surface area contributed by atoms with E-state index >= 15 is 0 Å². The summed E-state index contributed by atoms with van der Waals surface area (Å²) in [6.07, 6.45) is 3.32. The van der Waals surface area contributed by atoms with E-state index in [1.54, 1.807) is 0 Å². The first-order chi connectivity index (χ1) is 11.2. The Bertz CT molecular complexity index is 676. The van der Waals surface area contributed by atoms with Crippen molar-refractivity contribution in [2.75, 3.05) is 0 Å². The van der Waals surface area contributed by atoms with E-state index in [-0.39, 0.29) is 11.9 Å². The van der Waals surface area contributed by atoms with Gasteiger partial charge in [0.2, 0.25) is 5.91 Å². The highest BCUT2D eigenvalue weighted by atomic mass is 16.1. The summed E-state index contributed by atoms with van der Waals surface area (Å²) in [5, 5.41) is 2.52. The fourth-order valence-electron chi connectivity index (χ4n) is 2.28. The molecule has 0 radical (unpaired) electrons. The van der Waals surface area contributed by atoms with Crippen molar-refractivity contribution in [3.05, 3.63) is 72.9 Å². The SMILES string of the molecule is C=CN=C(N)NC(=O)CCCc1ccc(-c2ccccc2)cc1. The molecule has 118 valence electrons. The Hall–Kier alpha value is -2.88. The lowest BCUT2D eigenvalue weighted by atomic mass is 10.0. The van der Waals surface area contributed by atoms with Gasteiger partial charge in [-0.15, -0.1) is 0 Å². The first-order valence-corrected chi connectivity index (χ1v) is 7.57. The number of aliphatic imine (C=N–C) groups is 1. The summed E-state index contributed by atoms with van der Waals surface area (Å²) in [6, 6.07) is 18.7. The zero-order valence-corrected chi connectivity index (χ0v) is 13.0. The lowest BCUT2D eigenvalue weighted by Gasteiger charge is -2.05. The van der Waals surface area contributed by atoms with Crippen molar-refractivity contribution in [3.8, 4) is 11.1 Å². The number of nitrogens with zero attached hydrogens (tertiary/aromatic N) is 1. The van der Waals surface area contributed by atoms with Crippen LogP contribution >= 0.6 is 0 Å². The molecule has 0 aromatic heterocycles. The average molecular weight is 307 g/mol. The Morgan fingerprint density at radius 2 is 1.74 bits per heavy atom. The number of hydrogen-bond acceptors (Lipinski definition) is 2. The predicted molar refractivity (Wildman–Crippen MR) is 94.8 cm³/mol. The van der Waals surface area contributed by atoms with E-state index in [4.69, 9.17) is 5.73 Å². The maximum absolute atomic E-state index is 11.7. The lowest BCUT2D eigenvalue weighted by molar-refractivity contribution is -0.119. The second kappa shape index (κ2) is 8.54. The molecular weight excluding hydrogens is 286 g/mol. The number of nitrogens with two attached hydrogens (primary N) is 1. The first-order valence-electron chi connectivity index (χ1n) is 7.57. The van der Waals surface area contributed by atoms with Crippen LogP contribution in [0.5, 0.6) is 0 Å². The first kappa shape index (κ1) is 16.5. The molecule has 2 aromatic rings. The van der Waals surface area contributed by atoms with Crippen LogP contribution in [0.1, 0.15) is 18.4 Å². The number of carbonyl (C=O) groups is 1. The van der Waals surface area contributed by atoms with Crippen LogP contribution < -0.4 is 11.1 Å². The van der Waals surface area contributed by atoms with E-state index in [1.807, 2.05) is 18.2 Å². The van der Waals surface area contributed by atoms with Gasteiger partial charge in [0.05, 0.1) is 0 Å². The molecule has 2 aromatic carbocycles. The molecular formula is C19H21N3O. The van der Waals surface area contributed by atoms with Crippen LogP contribution in [0, 0.1) is 0 Å². The lowest BCUT2D eigenvalue weighted by Crippen LogP contribution is -2.36. The number of hydrogen-bond donors (Lipinski definition) is 2. The standard InChI is InChI=1S/C19H21N3O/c1-2-21-19(20)22-18(23)10-6-7-15-11-13-17(14-12-15)16-8-4-3-5-9-16/h2-5,8-9,11-14H,1,6-7,10H2,(H3,20,21,22,23). The highest BCUT2D eigenvalue weighted by Gasteiger charge is 2.03. The summed E-state index contributed by atoms with van der Waals surface area (Å²) in [6.45, 7) is 3.42. The summed E-state index contributed by atoms with van der Waals surface area (Å²) in [5.41, 5.74) is 9.10. The van der Waals surface area contributed by atoms with Gasteiger partial charge in [-0.2, -0.15) is 0 Å². The highest BCUT2D eigenvalue weighted by molar-refractivity contribution is 5.96. The van der Waals surface area contributed by atoms with Gasteiger partial charge in [0.1, 0.15) is 0 Å². The molecule has 3 N–H and O–H groups in total. The maximum atomic E-state index is 11.7. The number of nitrogens with one attached hydrogen (secondary N) is 1. The van der Waals surface area contributed by atoms with E-state index in [0.717, 1.165) is 12.8 Å². The zero-order chi connectivity index (χ0) is 16.5. The highest BCUT2D eigenvalue weighted by Crippen LogP contribution is 2.19. The number of guanidine groups is 1. The Kier molecular flexibility index (Phi) is 6.12. The van der Waals surface area contributed by atoms with Crippen LogP contribution in [0.2, 0.25) is 0 Å². The Balaban J connectivity index is 1.82. The number of carbonyl (C=O) groups excluding carboxylic acids is 1. The normalized spacial score (nSPS) is 11.0. The molecule has 4 heteroatoms. The quantitative estimate of drug-likeness (QED) is 0.635. The summed E-state index contributed by atoms with van der Waals surface area (Å²) in [7, 11) is 0. The van der Waals surface area contributed by atoms with Crippen molar-refractivity contribution in [3.63, 3.8) is 0 Å². The van der Waals surface area contributed by atoms with Crippen LogP contribution in [-0.4, -0.2) is 11.9 Å². The third-order valence-corrected chi connectivity index (χ3v) is 3.43. The molecule has 23 heavy (non-hydrogen) atoms. The molecule has 2 rings (SSSR count). The maximum Gasteiger partial charge on any atom is 0.226 e. The van der Waals surface area contributed by atoms with Crippen molar-refractivity contribution >= 4 is 11.9 Å². The number of rotatable bonds is 6. The van der Waals surface area contributed by atoms with Gasteiger partial charge >= 0.3 is 0 Å². The summed E-state index contributed by atoms with van der Waals surface area (Å²) in [4.78, 5) is 15.3. The van der Waals surface area contributed by atoms with Gasteiger partial charge in [0.15, 0.2) is 5.96 Å². The molecule has 1 amide bonds. The van der Waals surface area contributed by atoms with Crippen molar-refractivity contribution in [2.24, 2.45) is 10.7 Å². The van der Waals surface area contributed by atoms with E-state index in [0.29, 0.717) is 6.42 Å². The molecule has 0 spiro atoms. The van der Waals surface area contributed by atoms with Crippen LogP contribution in [0.15, 0.2) is 72.4 Å². The topological polar surface area (TPSA) is 67.5 Å². The molecule has 0 atom stereocenters. The monoisotopic (exact) mass is 307 g/mol. The third kappa shape index (κ3) is 5.43. The molecule has 0 aliphatic rings. The fourth-order valence-corrected chi connectivity index (χ4v) is 2.28. The van der Waals surface area contributed by atoms with Gasteiger partial charge in [-0.3, -0.25) is 10.1 Å². The molecule has 0 aliphatic carbocycles. The minimum absolute atomic E-state index is 0.0808. The molecule has 0 bridgehead atoms. The summed E-state index contributed by atoms with van der Waals surface area (Å²) >= 11 is 0. The van der Waals surface area contributed by atoms with Crippen LogP contribution in [0.3, 0.4) is 0 Å². The fraction of sp³-hybridized carbons (Fsp3) is 0.158. The largest absolute Gasteiger partial charge is 0.369 e. The molecule has 0 saturated carbocycles. The number of amides is 1. The van der Waals surface area contributed by atoms with Crippen molar-refractivity contribution in [2.45, 2.75) is 19.3 Å². The zero-order valence-electron chi connectivity index (χ0n) is 13.0. The van der Waals surface area contributed by atoms with Gasteiger partial charge < -0.3 is 5.73 Å². The van der Waals surface area contributed by atoms with Gasteiger partial charge in [0.25, 0.3) is 0 Å². The Labute approximate surface area is 136 Å². The van der Waals surface area contributed by atoms with Crippen LogP contribution in [0.4, 0.5) is 0 Å². The van der Waals surface area contributed by atoms with Crippen LogP contribution in [-0.2, 0) is 11.2 Å². The minimum Gasteiger partial charge on any atom is -0.369 e. The average Bonchev–Trinajstić information content (AvgIpc) is 2.56. The molecule has 0 fully saturated rings. The molecule has 0 unspecified atom stereocenters. The second-order valence-electron chi connectivity index (χ2n) is 5.16. The van der Waals surface area contributed by atoms with E-state index in [9.17, 15) is 4.79 Å². The van der Waals surface area contributed by atoms with Crippen LogP contribution in [0.25, 0.3) is 11.1 Å². The molecule has 0 aliphatic heterocycles. The Morgan fingerprint density at radius 1 is 1.09 bits per heavy atom. The second-order valence-corrected chi connectivity index (χ2v) is 5.16. The molecule has 4 nitrogen and oxygen atoms in total. The van der Waals surface area contributed by atoms with E-state index in [2.05, 4.69) is 53.3 Å².